The second kappa shape index (κ2) is 8.01. The van der Waals surface area contributed by atoms with E-state index in [2.05, 4.69) is 22.5 Å². The minimum absolute atomic E-state index is 0.257. The van der Waals surface area contributed by atoms with Crippen LogP contribution >= 0.6 is 23.2 Å². The quantitative estimate of drug-likeness (QED) is 0.740. The van der Waals surface area contributed by atoms with Gasteiger partial charge in [0.1, 0.15) is 5.82 Å². The highest BCUT2D eigenvalue weighted by Gasteiger charge is 2.08. The molecule has 0 bridgehead atoms. The zero-order valence-electron chi connectivity index (χ0n) is 12.2. The minimum Gasteiger partial charge on any atom is -0.370 e. The van der Waals surface area contributed by atoms with Crippen LogP contribution in [0.1, 0.15) is 30.1 Å². The maximum Gasteiger partial charge on any atom is 0.255 e. The van der Waals surface area contributed by atoms with Crippen LogP contribution < -0.4 is 10.6 Å². The van der Waals surface area contributed by atoms with Crippen LogP contribution in [0.5, 0.6) is 0 Å². The lowest BCUT2D eigenvalue weighted by Gasteiger charge is -2.08. The normalized spacial score (nSPS) is 10.3. The van der Waals surface area contributed by atoms with E-state index < -0.39 is 0 Å². The zero-order chi connectivity index (χ0) is 15.9. The zero-order valence-corrected chi connectivity index (χ0v) is 13.7. The molecule has 2 rings (SSSR count). The Balaban J connectivity index is 1.97. The van der Waals surface area contributed by atoms with E-state index in [9.17, 15) is 4.79 Å². The Morgan fingerprint density at radius 1 is 1.18 bits per heavy atom. The molecule has 0 aliphatic carbocycles. The maximum absolute atomic E-state index is 12.1. The third-order valence-corrected chi connectivity index (χ3v) is 3.78. The van der Waals surface area contributed by atoms with E-state index in [1.165, 1.54) is 6.07 Å². The Labute approximate surface area is 139 Å². The lowest BCUT2D eigenvalue weighted by molar-refractivity contribution is 0.102. The van der Waals surface area contributed by atoms with E-state index in [1.807, 2.05) is 6.07 Å². The van der Waals surface area contributed by atoms with Crippen LogP contribution in [0.25, 0.3) is 0 Å². The molecular formula is C16H17Cl2N3O. The molecule has 1 amide bonds. The molecule has 0 spiro atoms. The van der Waals surface area contributed by atoms with E-state index in [1.54, 1.807) is 24.4 Å². The van der Waals surface area contributed by atoms with Gasteiger partial charge >= 0.3 is 0 Å². The van der Waals surface area contributed by atoms with Crippen LogP contribution in [0.3, 0.4) is 0 Å². The third-order valence-electron chi connectivity index (χ3n) is 3.04. The topological polar surface area (TPSA) is 54.0 Å². The summed E-state index contributed by atoms with van der Waals surface area (Å²) in [4.78, 5) is 16.4. The first-order valence-corrected chi connectivity index (χ1v) is 7.82. The highest BCUT2D eigenvalue weighted by Crippen LogP contribution is 2.23. The molecule has 0 unspecified atom stereocenters. The van der Waals surface area contributed by atoms with Gasteiger partial charge in [-0.1, -0.05) is 36.5 Å². The van der Waals surface area contributed by atoms with Gasteiger partial charge in [-0.15, -0.1) is 0 Å². The van der Waals surface area contributed by atoms with Gasteiger partial charge < -0.3 is 10.6 Å². The number of rotatable bonds is 6. The number of carbonyl (C=O) groups is 1. The average Bonchev–Trinajstić information content (AvgIpc) is 2.52. The van der Waals surface area contributed by atoms with E-state index in [0.717, 1.165) is 25.2 Å². The van der Waals surface area contributed by atoms with Crippen LogP contribution in [-0.2, 0) is 0 Å². The van der Waals surface area contributed by atoms with E-state index >= 15 is 0 Å². The first-order chi connectivity index (χ1) is 10.6. The lowest BCUT2D eigenvalue weighted by Crippen LogP contribution is -2.12. The molecular weight excluding hydrogens is 321 g/mol. The van der Waals surface area contributed by atoms with Crippen LogP contribution in [0.4, 0.5) is 11.5 Å². The fourth-order valence-electron chi connectivity index (χ4n) is 1.81. The van der Waals surface area contributed by atoms with Crippen LogP contribution in [0.15, 0.2) is 36.5 Å². The van der Waals surface area contributed by atoms with Crippen molar-refractivity contribution in [3.05, 3.63) is 52.1 Å². The molecule has 0 radical (unpaired) electrons. The van der Waals surface area contributed by atoms with Crippen molar-refractivity contribution in [1.82, 2.24) is 4.98 Å². The monoisotopic (exact) mass is 337 g/mol. The van der Waals surface area contributed by atoms with Gasteiger partial charge in [0.2, 0.25) is 0 Å². The number of amides is 1. The van der Waals surface area contributed by atoms with Crippen molar-refractivity contribution in [1.29, 1.82) is 0 Å². The van der Waals surface area contributed by atoms with Crippen molar-refractivity contribution >= 4 is 40.6 Å². The van der Waals surface area contributed by atoms with E-state index in [4.69, 9.17) is 23.2 Å². The lowest BCUT2D eigenvalue weighted by atomic mass is 10.2. The Bertz CT molecular complexity index is 644. The van der Waals surface area contributed by atoms with Gasteiger partial charge in [0.05, 0.1) is 21.9 Å². The molecule has 0 saturated heterocycles. The first-order valence-electron chi connectivity index (χ1n) is 7.06. The van der Waals surface area contributed by atoms with Gasteiger partial charge in [-0.2, -0.15) is 0 Å². The summed E-state index contributed by atoms with van der Waals surface area (Å²) in [6.45, 7) is 3.02. The molecule has 1 aromatic carbocycles. The van der Waals surface area contributed by atoms with Crippen molar-refractivity contribution in [2.45, 2.75) is 19.8 Å². The van der Waals surface area contributed by atoms with Gasteiger partial charge in [0, 0.05) is 12.1 Å². The third kappa shape index (κ3) is 4.61. The largest absolute Gasteiger partial charge is 0.370 e. The molecule has 0 saturated carbocycles. The van der Waals surface area contributed by atoms with Crippen LogP contribution in [-0.4, -0.2) is 17.4 Å². The number of anilines is 2. The second-order valence-electron chi connectivity index (χ2n) is 4.80. The Morgan fingerprint density at radius 2 is 2.00 bits per heavy atom. The predicted octanol–water partition coefficient (Wildman–Crippen LogP) is 4.85. The van der Waals surface area contributed by atoms with Gasteiger partial charge in [-0.3, -0.25) is 4.79 Å². The summed E-state index contributed by atoms with van der Waals surface area (Å²) in [6.07, 6.45) is 3.84. The number of halogens is 2. The molecule has 0 atom stereocenters. The number of hydrogen-bond donors (Lipinski definition) is 2. The first kappa shape index (κ1) is 16.6. The Kier molecular flexibility index (Phi) is 6.04. The number of nitrogens with one attached hydrogen (secondary N) is 2. The van der Waals surface area contributed by atoms with Crippen molar-refractivity contribution in [3.8, 4) is 0 Å². The number of benzene rings is 1. The number of carbonyl (C=O) groups excluding carboxylic acids is 1. The number of pyridine rings is 1. The summed E-state index contributed by atoms with van der Waals surface area (Å²) in [5.74, 6) is 0.535. The summed E-state index contributed by atoms with van der Waals surface area (Å²) in [6, 6.07) is 8.39. The van der Waals surface area contributed by atoms with E-state index in [-0.39, 0.29) is 5.91 Å². The smallest absolute Gasteiger partial charge is 0.255 e. The number of unbranched alkanes of at least 4 members (excludes halogenated alkanes) is 1. The summed E-state index contributed by atoms with van der Waals surface area (Å²) in [7, 11) is 0. The standard InChI is InChI=1S/C16H17Cl2N3O/c1-2-3-8-19-15-7-5-12(10-20-15)21-16(22)11-4-6-13(17)14(18)9-11/h4-7,9-10H,2-3,8H2,1H3,(H,19,20)(H,21,22). The molecule has 0 aliphatic heterocycles. The number of aromatic nitrogens is 1. The fraction of sp³-hybridized carbons (Fsp3) is 0.250. The summed E-state index contributed by atoms with van der Waals surface area (Å²) in [5, 5.41) is 6.75. The highest BCUT2D eigenvalue weighted by atomic mass is 35.5. The van der Waals surface area contributed by atoms with Gasteiger partial charge in [-0.05, 0) is 36.8 Å². The highest BCUT2D eigenvalue weighted by molar-refractivity contribution is 6.42. The molecule has 1 heterocycles. The van der Waals surface area contributed by atoms with Gasteiger partial charge in [0.25, 0.3) is 5.91 Å². The number of nitrogens with zero attached hydrogens (tertiary/aromatic N) is 1. The van der Waals surface area contributed by atoms with Crippen molar-refractivity contribution < 1.29 is 4.79 Å². The van der Waals surface area contributed by atoms with Crippen molar-refractivity contribution in [3.63, 3.8) is 0 Å². The molecule has 1 aromatic heterocycles. The summed E-state index contributed by atoms with van der Waals surface area (Å²) >= 11 is 11.7. The molecule has 116 valence electrons. The Morgan fingerprint density at radius 3 is 2.64 bits per heavy atom. The fourth-order valence-corrected chi connectivity index (χ4v) is 2.10. The summed E-state index contributed by atoms with van der Waals surface area (Å²) in [5.41, 5.74) is 1.07. The molecule has 2 aromatic rings. The van der Waals surface area contributed by atoms with Gasteiger partial charge in [0.15, 0.2) is 0 Å². The van der Waals surface area contributed by atoms with Gasteiger partial charge in [-0.25, -0.2) is 4.98 Å². The maximum atomic E-state index is 12.1. The predicted molar refractivity (Wildman–Crippen MR) is 92.0 cm³/mol. The van der Waals surface area contributed by atoms with Crippen LogP contribution in [0, 0.1) is 0 Å². The number of hydrogen-bond acceptors (Lipinski definition) is 3. The second-order valence-corrected chi connectivity index (χ2v) is 5.61. The Hall–Kier alpha value is -1.78. The molecule has 2 N–H and O–H groups in total. The van der Waals surface area contributed by atoms with Crippen LogP contribution in [0.2, 0.25) is 10.0 Å². The molecule has 0 aliphatic rings. The molecule has 6 heteroatoms. The van der Waals surface area contributed by atoms with Crippen molar-refractivity contribution in [2.24, 2.45) is 0 Å². The average molecular weight is 338 g/mol. The molecule has 22 heavy (non-hydrogen) atoms. The molecule has 0 fully saturated rings. The SMILES string of the molecule is CCCCNc1ccc(NC(=O)c2ccc(Cl)c(Cl)c2)cn1. The minimum atomic E-state index is -0.257. The molecule has 4 nitrogen and oxygen atoms in total. The summed E-state index contributed by atoms with van der Waals surface area (Å²) < 4.78 is 0. The van der Waals surface area contributed by atoms with Crippen molar-refractivity contribution in [2.75, 3.05) is 17.2 Å². The van der Waals surface area contributed by atoms with E-state index in [0.29, 0.717) is 21.3 Å².